The third-order valence-corrected chi connectivity index (χ3v) is 5.51. The van der Waals surface area contributed by atoms with Crippen LogP contribution in [0.3, 0.4) is 0 Å². The SMILES string of the molecule is CC1CC(C)CC(C(=O)CC2CCSCC2)C1. The Kier molecular flexibility index (Phi) is 4.96. The molecule has 0 N–H and O–H groups in total. The van der Waals surface area contributed by atoms with E-state index in [1.165, 1.54) is 30.8 Å². The fraction of sp³-hybridized carbons (Fsp3) is 0.933. The van der Waals surface area contributed by atoms with Crippen molar-refractivity contribution < 1.29 is 4.79 Å². The summed E-state index contributed by atoms with van der Waals surface area (Å²) in [6.45, 7) is 4.63. The van der Waals surface area contributed by atoms with E-state index in [0.29, 0.717) is 17.6 Å². The van der Waals surface area contributed by atoms with Gasteiger partial charge in [-0.05, 0) is 61.4 Å². The average Bonchev–Trinajstić information content (AvgIpc) is 2.29. The lowest BCUT2D eigenvalue weighted by atomic mass is 9.73. The number of ketones is 1. The van der Waals surface area contributed by atoms with Crippen LogP contribution in [0.4, 0.5) is 0 Å². The zero-order valence-electron chi connectivity index (χ0n) is 11.3. The second kappa shape index (κ2) is 6.26. The van der Waals surface area contributed by atoms with Gasteiger partial charge in [0.25, 0.3) is 0 Å². The van der Waals surface area contributed by atoms with Gasteiger partial charge in [-0.3, -0.25) is 4.79 Å². The van der Waals surface area contributed by atoms with Crippen molar-refractivity contribution >= 4 is 17.5 Å². The Balaban J connectivity index is 1.81. The van der Waals surface area contributed by atoms with Crippen LogP contribution in [-0.2, 0) is 4.79 Å². The first-order valence-corrected chi connectivity index (χ1v) is 8.41. The molecule has 0 aromatic carbocycles. The second-order valence-electron chi connectivity index (χ2n) is 6.34. The van der Waals surface area contributed by atoms with Gasteiger partial charge in [0, 0.05) is 12.3 Å². The molecule has 2 rings (SSSR count). The van der Waals surface area contributed by atoms with E-state index in [1.807, 2.05) is 0 Å². The van der Waals surface area contributed by atoms with Gasteiger partial charge >= 0.3 is 0 Å². The first-order valence-electron chi connectivity index (χ1n) is 7.25. The standard InChI is InChI=1S/C15H26OS/c1-11-7-12(2)9-14(8-11)15(16)10-13-3-5-17-6-4-13/h11-14H,3-10H2,1-2H3. The Morgan fingerprint density at radius 1 is 1.06 bits per heavy atom. The Hall–Kier alpha value is 0.0200. The van der Waals surface area contributed by atoms with Crippen LogP contribution in [0.5, 0.6) is 0 Å². The molecular weight excluding hydrogens is 228 g/mol. The number of thioether (sulfide) groups is 1. The Morgan fingerprint density at radius 3 is 2.24 bits per heavy atom. The molecule has 2 aliphatic rings. The van der Waals surface area contributed by atoms with Crippen LogP contribution in [0.15, 0.2) is 0 Å². The number of hydrogen-bond acceptors (Lipinski definition) is 2. The minimum absolute atomic E-state index is 0.392. The number of carbonyl (C=O) groups is 1. The van der Waals surface area contributed by atoms with Gasteiger partial charge in [-0.25, -0.2) is 0 Å². The molecule has 98 valence electrons. The first-order chi connectivity index (χ1) is 8.15. The predicted molar refractivity (Wildman–Crippen MR) is 75.3 cm³/mol. The largest absolute Gasteiger partial charge is 0.299 e. The topological polar surface area (TPSA) is 17.1 Å². The Labute approximate surface area is 110 Å². The third kappa shape index (κ3) is 4.01. The highest BCUT2D eigenvalue weighted by Gasteiger charge is 2.30. The van der Waals surface area contributed by atoms with E-state index in [-0.39, 0.29) is 0 Å². The molecule has 1 heterocycles. The number of hydrogen-bond donors (Lipinski definition) is 0. The molecule has 2 unspecified atom stereocenters. The van der Waals surface area contributed by atoms with Crippen LogP contribution in [0, 0.1) is 23.7 Å². The van der Waals surface area contributed by atoms with Gasteiger partial charge in [0.15, 0.2) is 0 Å². The van der Waals surface area contributed by atoms with Crippen molar-refractivity contribution in [3.63, 3.8) is 0 Å². The lowest BCUT2D eigenvalue weighted by Gasteiger charge is -2.31. The monoisotopic (exact) mass is 254 g/mol. The van der Waals surface area contributed by atoms with E-state index in [4.69, 9.17) is 0 Å². The molecule has 1 aliphatic carbocycles. The molecular formula is C15H26OS. The quantitative estimate of drug-likeness (QED) is 0.752. The molecule has 0 aromatic rings. The number of carbonyl (C=O) groups excluding carboxylic acids is 1. The summed E-state index contributed by atoms with van der Waals surface area (Å²) >= 11 is 2.05. The van der Waals surface area contributed by atoms with Gasteiger partial charge in [-0.15, -0.1) is 0 Å². The molecule has 0 amide bonds. The van der Waals surface area contributed by atoms with Gasteiger partial charge in [0.1, 0.15) is 5.78 Å². The van der Waals surface area contributed by atoms with Gasteiger partial charge in [0.05, 0.1) is 0 Å². The van der Waals surface area contributed by atoms with E-state index in [1.54, 1.807) is 0 Å². The van der Waals surface area contributed by atoms with Crippen LogP contribution >= 0.6 is 11.8 Å². The summed E-state index contributed by atoms with van der Waals surface area (Å²) < 4.78 is 0. The van der Waals surface area contributed by atoms with Crippen molar-refractivity contribution in [2.75, 3.05) is 11.5 Å². The molecule has 2 atom stereocenters. The molecule has 17 heavy (non-hydrogen) atoms. The van der Waals surface area contributed by atoms with Crippen molar-refractivity contribution in [3.8, 4) is 0 Å². The van der Waals surface area contributed by atoms with E-state index < -0.39 is 0 Å². The summed E-state index contributed by atoms with van der Waals surface area (Å²) in [6.07, 6.45) is 7.06. The fourth-order valence-electron chi connectivity index (χ4n) is 3.61. The molecule has 2 fully saturated rings. The number of rotatable bonds is 3. The van der Waals surface area contributed by atoms with Gasteiger partial charge in [-0.1, -0.05) is 13.8 Å². The molecule has 0 bridgehead atoms. The maximum Gasteiger partial charge on any atom is 0.136 e. The van der Waals surface area contributed by atoms with E-state index >= 15 is 0 Å². The van der Waals surface area contributed by atoms with E-state index in [2.05, 4.69) is 25.6 Å². The van der Waals surface area contributed by atoms with E-state index in [9.17, 15) is 4.79 Å². The highest BCUT2D eigenvalue weighted by Crippen LogP contribution is 2.35. The lowest BCUT2D eigenvalue weighted by Crippen LogP contribution is -2.28. The van der Waals surface area contributed by atoms with Crippen LogP contribution in [0.1, 0.15) is 52.4 Å². The maximum absolute atomic E-state index is 12.4. The van der Waals surface area contributed by atoms with Crippen LogP contribution in [0.25, 0.3) is 0 Å². The van der Waals surface area contributed by atoms with Crippen molar-refractivity contribution in [2.24, 2.45) is 23.7 Å². The minimum Gasteiger partial charge on any atom is -0.299 e. The maximum atomic E-state index is 12.4. The zero-order valence-corrected chi connectivity index (χ0v) is 12.1. The van der Waals surface area contributed by atoms with Crippen molar-refractivity contribution in [3.05, 3.63) is 0 Å². The highest BCUT2D eigenvalue weighted by atomic mass is 32.2. The van der Waals surface area contributed by atoms with Crippen LogP contribution in [0.2, 0.25) is 0 Å². The lowest BCUT2D eigenvalue weighted by molar-refractivity contribution is -0.125. The molecule has 0 spiro atoms. The molecule has 1 aliphatic heterocycles. The van der Waals surface area contributed by atoms with Crippen LogP contribution in [-0.4, -0.2) is 17.3 Å². The summed E-state index contributed by atoms with van der Waals surface area (Å²) in [4.78, 5) is 12.4. The van der Waals surface area contributed by atoms with Gasteiger partial charge in [0.2, 0.25) is 0 Å². The van der Waals surface area contributed by atoms with Crippen molar-refractivity contribution in [2.45, 2.75) is 52.4 Å². The first kappa shape index (κ1) is 13.5. The smallest absolute Gasteiger partial charge is 0.136 e. The summed E-state index contributed by atoms with van der Waals surface area (Å²) in [7, 11) is 0. The summed E-state index contributed by atoms with van der Waals surface area (Å²) in [5.74, 6) is 5.74. The number of Topliss-reactive ketones (excluding diaryl/α,β-unsaturated/α-hetero) is 1. The van der Waals surface area contributed by atoms with Gasteiger partial charge < -0.3 is 0 Å². The minimum atomic E-state index is 0.392. The molecule has 1 saturated heterocycles. The molecule has 2 heteroatoms. The normalized spacial score (nSPS) is 35.8. The predicted octanol–water partition coefficient (Wildman–Crippen LogP) is 4.16. The van der Waals surface area contributed by atoms with Crippen molar-refractivity contribution in [1.29, 1.82) is 0 Å². The average molecular weight is 254 g/mol. The third-order valence-electron chi connectivity index (χ3n) is 4.46. The second-order valence-corrected chi connectivity index (χ2v) is 7.57. The Bertz CT molecular complexity index is 248. The van der Waals surface area contributed by atoms with Gasteiger partial charge in [-0.2, -0.15) is 11.8 Å². The molecule has 1 saturated carbocycles. The molecule has 0 radical (unpaired) electrons. The fourth-order valence-corrected chi connectivity index (χ4v) is 4.82. The highest BCUT2D eigenvalue weighted by molar-refractivity contribution is 7.99. The zero-order chi connectivity index (χ0) is 12.3. The summed E-state index contributed by atoms with van der Waals surface area (Å²) in [5.41, 5.74) is 0. The van der Waals surface area contributed by atoms with Crippen molar-refractivity contribution in [1.82, 2.24) is 0 Å². The van der Waals surface area contributed by atoms with Crippen LogP contribution < -0.4 is 0 Å². The summed E-state index contributed by atoms with van der Waals surface area (Å²) in [5, 5.41) is 0. The molecule has 1 nitrogen and oxygen atoms in total. The Morgan fingerprint density at radius 2 is 1.65 bits per heavy atom. The summed E-state index contributed by atoms with van der Waals surface area (Å²) in [6, 6.07) is 0. The molecule has 0 aromatic heterocycles. The van der Waals surface area contributed by atoms with E-state index in [0.717, 1.165) is 31.1 Å².